The third-order valence-electron chi connectivity index (χ3n) is 3.06. The largest absolute Gasteiger partial charge is 0.376 e. The highest BCUT2D eigenvalue weighted by atomic mass is 19.1. The lowest BCUT2D eigenvalue weighted by Crippen LogP contribution is -2.24. The molecule has 2 N–H and O–H groups in total. The Morgan fingerprint density at radius 1 is 1.14 bits per heavy atom. The van der Waals surface area contributed by atoms with Crippen molar-refractivity contribution >= 4 is 11.4 Å². The minimum absolute atomic E-state index is 0.268. The van der Waals surface area contributed by atoms with Gasteiger partial charge in [0.2, 0.25) is 0 Å². The molecule has 0 amide bonds. The van der Waals surface area contributed by atoms with Gasteiger partial charge < -0.3 is 10.3 Å². The van der Waals surface area contributed by atoms with E-state index in [2.05, 4.69) is 16.9 Å². The van der Waals surface area contributed by atoms with Gasteiger partial charge >= 0.3 is 0 Å². The van der Waals surface area contributed by atoms with Crippen LogP contribution in [0.25, 0.3) is 0 Å². The smallest absolute Gasteiger partial charge is 0.129 e. The van der Waals surface area contributed by atoms with Gasteiger partial charge in [0.15, 0.2) is 0 Å². The summed E-state index contributed by atoms with van der Waals surface area (Å²) in [6.45, 7) is 0.268. The van der Waals surface area contributed by atoms with Gasteiger partial charge in [0.05, 0.1) is 11.3 Å². The second kappa shape index (κ2) is 6.73. The van der Waals surface area contributed by atoms with E-state index in [0.717, 1.165) is 5.69 Å². The number of hydrogen-bond donors (Lipinski definition) is 2. The van der Waals surface area contributed by atoms with Gasteiger partial charge in [-0.1, -0.05) is 18.2 Å². The molecule has 4 nitrogen and oxygen atoms in total. The van der Waals surface area contributed by atoms with E-state index in [-0.39, 0.29) is 12.4 Å². The lowest BCUT2D eigenvalue weighted by atomic mass is 10.1. The molecule has 0 unspecified atom stereocenters. The van der Waals surface area contributed by atoms with E-state index < -0.39 is 0 Å². The average molecular weight is 284 g/mol. The number of anilines is 2. The van der Waals surface area contributed by atoms with Crippen LogP contribution >= 0.6 is 0 Å². The zero-order chi connectivity index (χ0) is 15.2. The molecule has 21 heavy (non-hydrogen) atoms. The first kappa shape index (κ1) is 14.8. The molecule has 2 rings (SSSR count). The summed E-state index contributed by atoms with van der Waals surface area (Å²) < 4.78 is 14.0. The van der Waals surface area contributed by atoms with E-state index in [0.29, 0.717) is 16.8 Å². The van der Waals surface area contributed by atoms with Gasteiger partial charge in [-0.15, -0.1) is 0 Å². The second-order valence-corrected chi connectivity index (χ2v) is 4.77. The minimum Gasteiger partial charge on any atom is -0.376 e. The predicted molar refractivity (Wildman–Crippen MR) is 82.3 cm³/mol. The molecule has 0 fully saturated rings. The molecule has 0 saturated carbocycles. The van der Waals surface area contributed by atoms with E-state index in [9.17, 15) is 4.39 Å². The molecule has 0 radical (unpaired) electrons. The van der Waals surface area contributed by atoms with Crippen LogP contribution in [-0.2, 0) is 6.54 Å². The Labute approximate surface area is 123 Å². The van der Waals surface area contributed by atoms with Crippen molar-refractivity contribution in [1.29, 1.82) is 5.26 Å². The van der Waals surface area contributed by atoms with Crippen LogP contribution in [-0.4, -0.2) is 14.1 Å². The topological polar surface area (TPSA) is 51.1 Å². The van der Waals surface area contributed by atoms with Gasteiger partial charge in [-0.2, -0.15) is 5.26 Å². The van der Waals surface area contributed by atoms with Crippen molar-refractivity contribution in [1.82, 2.24) is 5.43 Å². The van der Waals surface area contributed by atoms with Gasteiger partial charge in [-0.05, 0) is 24.3 Å². The van der Waals surface area contributed by atoms with Gasteiger partial charge in [0, 0.05) is 31.9 Å². The van der Waals surface area contributed by atoms with Crippen molar-refractivity contribution in [2.75, 3.05) is 24.4 Å². The fourth-order valence-corrected chi connectivity index (χ4v) is 2.14. The van der Waals surface area contributed by atoms with Crippen LogP contribution in [0.15, 0.2) is 42.5 Å². The summed E-state index contributed by atoms with van der Waals surface area (Å²) in [5, 5.41) is 9.15. The maximum atomic E-state index is 14.0. The molecule has 5 heteroatoms. The first-order chi connectivity index (χ1) is 10.1. The van der Waals surface area contributed by atoms with Gasteiger partial charge in [-0.25, -0.2) is 9.82 Å². The van der Waals surface area contributed by atoms with Crippen molar-refractivity contribution < 1.29 is 4.39 Å². The van der Waals surface area contributed by atoms with Crippen molar-refractivity contribution in [3.8, 4) is 6.07 Å². The SMILES string of the molecule is CN(C)c1c(C#N)ccc(F)c1CNNc1ccccc1. The van der Waals surface area contributed by atoms with Crippen LogP contribution < -0.4 is 15.8 Å². The van der Waals surface area contributed by atoms with Crippen LogP contribution in [0.2, 0.25) is 0 Å². The standard InChI is InChI=1S/C16H17FN4/c1-21(2)16-12(10-18)8-9-15(17)14(16)11-19-20-13-6-4-3-5-7-13/h3-9,19-20H,11H2,1-2H3. The highest BCUT2D eigenvalue weighted by Gasteiger charge is 2.15. The van der Waals surface area contributed by atoms with Gasteiger partial charge in [-0.3, -0.25) is 0 Å². The Kier molecular flexibility index (Phi) is 4.75. The van der Waals surface area contributed by atoms with E-state index in [1.165, 1.54) is 12.1 Å². The van der Waals surface area contributed by atoms with E-state index in [1.807, 2.05) is 30.3 Å². The summed E-state index contributed by atoms with van der Waals surface area (Å²) in [6.07, 6.45) is 0. The van der Waals surface area contributed by atoms with Gasteiger partial charge in [0.25, 0.3) is 0 Å². The molecule has 0 bridgehead atoms. The minimum atomic E-state index is -0.333. The number of benzene rings is 2. The predicted octanol–water partition coefficient (Wildman–Crippen LogP) is 2.88. The maximum Gasteiger partial charge on any atom is 0.129 e. The summed E-state index contributed by atoms with van der Waals surface area (Å²) in [4.78, 5) is 1.75. The second-order valence-electron chi connectivity index (χ2n) is 4.77. The number of rotatable bonds is 5. The van der Waals surface area contributed by atoms with Gasteiger partial charge in [0.1, 0.15) is 11.9 Å². The highest BCUT2D eigenvalue weighted by Crippen LogP contribution is 2.26. The van der Waals surface area contributed by atoms with Crippen LogP contribution in [0, 0.1) is 17.1 Å². The van der Waals surface area contributed by atoms with Crippen LogP contribution in [0.5, 0.6) is 0 Å². The summed E-state index contributed by atoms with van der Waals surface area (Å²) in [7, 11) is 3.59. The lowest BCUT2D eigenvalue weighted by molar-refractivity contribution is 0.599. The fourth-order valence-electron chi connectivity index (χ4n) is 2.14. The molecule has 0 spiro atoms. The molecule has 108 valence electrons. The fraction of sp³-hybridized carbons (Fsp3) is 0.188. The normalized spacial score (nSPS) is 10.0. The molecule has 0 heterocycles. The quantitative estimate of drug-likeness (QED) is 0.829. The zero-order valence-electron chi connectivity index (χ0n) is 12.0. The number of nitrogens with one attached hydrogen (secondary N) is 2. The third kappa shape index (κ3) is 3.50. The number of hydrazine groups is 1. The lowest BCUT2D eigenvalue weighted by Gasteiger charge is -2.20. The van der Waals surface area contributed by atoms with Crippen molar-refractivity contribution in [3.05, 3.63) is 59.4 Å². The Hall–Kier alpha value is -2.58. The Morgan fingerprint density at radius 2 is 1.86 bits per heavy atom. The summed E-state index contributed by atoms with van der Waals surface area (Å²) in [6, 6.07) is 14.5. The van der Waals surface area contributed by atoms with Crippen molar-refractivity contribution in [3.63, 3.8) is 0 Å². The molecule has 2 aromatic carbocycles. The van der Waals surface area contributed by atoms with Crippen LogP contribution in [0.4, 0.5) is 15.8 Å². The molecule has 0 aliphatic heterocycles. The average Bonchev–Trinajstić information content (AvgIpc) is 2.49. The number of hydrogen-bond acceptors (Lipinski definition) is 4. The van der Waals surface area contributed by atoms with Crippen LogP contribution in [0.3, 0.4) is 0 Å². The molecule has 0 aromatic heterocycles. The molecular weight excluding hydrogens is 267 g/mol. The number of nitriles is 1. The molecule has 0 aliphatic rings. The van der Waals surface area contributed by atoms with E-state index in [4.69, 9.17) is 5.26 Å². The summed E-state index contributed by atoms with van der Waals surface area (Å²) >= 11 is 0. The van der Waals surface area contributed by atoms with Crippen molar-refractivity contribution in [2.24, 2.45) is 0 Å². The summed E-state index contributed by atoms with van der Waals surface area (Å²) in [5.74, 6) is -0.333. The maximum absolute atomic E-state index is 14.0. The number of para-hydroxylation sites is 1. The molecule has 0 aliphatic carbocycles. The Balaban J connectivity index is 2.18. The Bertz CT molecular complexity index is 647. The first-order valence-electron chi connectivity index (χ1n) is 6.56. The Morgan fingerprint density at radius 3 is 2.48 bits per heavy atom. The number of halogens is 1. The molecular formula is C16H17FN4. The highest BCUT2D eigenvalue weighted by molar-refractivity contribution is 5.64. The molecule has 0 saturated heterocycles. The monoisotopic (exact) mass is 284 g/mol. The zero-order valence-corrected chi connectivity index (χ0v) is 12.0. The van der Waals surface area contributed by atoms with Crippen LogP contribution in [0.1, 0.15) is 11.1 Å². The number of nitrogens with zero attached hydrogens (tertiary/aromatic N) is 2. The van der Waals surface area contributed by atoms with E-state index in [1.54, 1.807) is 19.0 Å². The molecule has 2 aromatic rings. The van der Waals surface area contributed by atoms with E-state index >= 15 is 0 Å². The summed E-state index contributed by atoms with van der Waals surface area (Å²) in [5.41, 5.74) is 8.39. The first-order valence-corrected chi connectivity index (χ1v) is 6.56. The van der Waals surface area contributed by atoms with Crippen molar-refractivity contribution in [2.45, 2.75) is 6.54 Å². The molecule has 0 atom stereocenters. The third-order valence-corrected chi connectivity index (χ3v) is 3.06.